The van der Waals surface area contributed by atoms with Gasteiger partial charge in [-0.05, 0) is 29.9 Å². The van der Waals surface area contributed by atoms with Crippen LogP contribution >= 0.6 is 0 Å². The lowest BCUT2D eigenvalue weighted by Gasteiger charge is -2.04. The Morgan fingerprint density at radius 1 is 1.06 bits per heavy atom. The van der Waals surface area contributed by atoms with Gasteiger partial charge in [0.2, 0.25) is 0 Å². The molecule has 0 amide bonds. The molecule has 0 saturated carbocycles. The maximum absolute atomic E-state index is 13.4. The van der Waals surface area contributed by atoms with Crippen LogP contribution in [-0.2, 0) is 6.42 Å². The number of aryl methyl sites for hydroxylation is 1. The summed E-state index contributed by atoms with van der Waals surface area (Å²) in [6.45, 7) is 2.20. The minimum absolute atomic E-state index is 0.127. The summed E-state index contributed by atoms with van der Waals surface area (Å²) >= 11 is 0. The first-order valence-corrected chi connectivity index (χ1v) is 5.98. The van der Waals surface area contributed by atoms with Gasteiger partial charge in [-0.3, -0.25) is 0 Å². The van der Waals surface area contributed by atoms with E-state index in [1.54, 1.807) is 6.07 Å². The topological polar surface area (TPSA) is 0 Å². The molecule has 0 fully saturated rings. The van der Waals surface area contributed by atoms with Crippen molar-refractivity contribution in [1.29, 1.82) is 0 Å². The number of unbranched alkanes of at least 4 members (excludes halogenated alkanes) is 2. The van der Waals surface area contributed by atoms with E-state index >= 15 is 0 Å². The minimum Gasteiger partial charge on any atom is -0.206 e. The molecule has 0 aromatic heterocycles. The molecule has 2 rings (SSSR count). The highest BCUT2D eigenvalue weighted by atomic mass is 19.1. The highest BCUT2D eigenvalue weighted by Gasteiger charge is 2.00. The quantitative estimate of drug-likeness (QED) is 0.649. The predicted molar refractivity (Wildman–Crippen MR) is 67.1 cm³/mol. The third-order valence-corrected chi connectivity index (χ3v) is 2.96. The summed E-state index contributed by atoms with van der Waals surface area (Å²) in [5.74, 6) is -0.127. The fourth-order valence-electron chi connectivity index (χ4n) is 2.03. The Kier molecular flexibility index (Phi) is 3.55. The maximum atomic E-state index is 13.4. The molecule has 0 N–H and O–H groups in total. The summed E-state index contributed by atoms with van der Waals surface area (Å²) in [4.78, 5) is 0. The van der Waals surface area contributed by atoms with Crippen molar-refractivity contribution < 1.29 is 4.39 Å². The molecule has 0 bridgehead atoms. The Morgan fingerprint density at radius 3 is 2.75 bits per heavy atom. The Morgan fingerprint density at radius 2 is 1.94 bits per heavy atom. The summed E-state index contributed by atoms with van der Waals surface area (Å²) in [5.41, 5.74) is 1.31. The molecule has 0 saturated heterocycles. The van der Waals surface area contributed by atoms with E-state index in [-0.39, 0.29) is 5.82 Å². The van der Waals surface area contributed by atoms with E-state index in [2.05, 4.69) is 13.0 Å². The zero-order valence-corrected chi connectivity index (χ0v) is 9.67. The van der Waals surface area contributed by atoms with Gasteiger partial charge in [0.1, 0.15) is 5.82 Å². The van der Waals surface area contributed by atoms with E-state index < -0.39 is 0 Å². The second kappa shape index (κ2) is 5.11. The van der Waals surface area contributed by atoms with Crippen molar-refractivity contribution in [3.05, 3.63) is 47.8 Å². The highest BCUT2D eigenvalue weighted by Crippen LogP contribution is 2.20. The molecule has 0 nitrogen and oxygen atoms in total. The first-order chi connectivity index (χ1) is 7.81. The molecule has 0 heterocycles. The summed E-state index contributed by atoms with van der Waals surface area (Å²) in [6.07, 6.45) is 4.82. The molecule has 0 aliphatic rings. The lowest BCUT2D eigenvalue weighted by atomic mass is 10.0. The molecule has 2 aromatic carbocycles. The van der Waals surface area contributed by atoms with Crippen LogP contribution < -0.4 is 0 Å². The lowest BCUT2D eigenvalue weighted by molar-refractivity contribution is 0.640. The van der Waals surface area contributed by atoms with Gasteiger partial charge < -0.3 is 0 Å². The van der Waals surface area contributed by atoms with E-state index in [1.807, 2.05) is 18.2 Å². The van der Waals surface area contributed by atoms with Crippen LogP contribution in [0.4, 0.5) is 4.39 Å². The third kappa shape index (κ3) is 2.41. The number of halogens is 1. The van der Waals surface area contributed by atoms with E-state index in [9.17, 15) is 4.39 Å². The van der Waals surface area contributed by atoms with Crippen LogP contribution in [-0.4, -0.2) is 0 Å². The molecule has 16 heavy (non-hydrogen) atoms. The molecule has 1 heteroatoms. The van der Waals surface area contributed by atoms with E-state index in [0.717, 1.165) is 17.2 Å². The molecule has 84 valence electrons. The molecular weight excluding hydrogens is 199 g/mol. The van der Waals surface area contributed by atoms with Gasteiger partial charge >= 0.3 is 0 Å². The largest absolute Gasteiger partial charge is 0.206 e. The van der Waals surface area contributed by atoms with Gasteiger partial charge in [-0.1, -0.05) is 50.1 Å². The van der Waals surface area contributed by atoms with Gasteiger partial charge in [0.15, 0.2) is 0 Å². The van der Waals surface area contributed by atoms with Gasteiger partial charge in [-0.2, -0.15) is 0 Å². The first-order valence-electron chi connectivity index (χ1n) is 5.98. The molecule has 0 aliphatic carbocycles. The summed E-state index contributed by atoms with van der Waals surface area (Å²) in [6, 6.07) is 11.3. The Hall–Kier alpha value is -1.37. The first kappa shape index (κ1) is 11.1. The van der Waals surface area contributed by atoms with Crippen molar-refractivity contribution in [2.75, 3.05) is 0 Å². The van der Waals surface area contributed by atoms with Gasteiger partial charge in [-0.15, -0.1) is 0 Å². The van der Waals surface area contributed by atoms with Crippen LogP contribution in [0.3, 0.4) is 0 Å². The Bertz CT molecular complexity index is 474. The van der Waals surface area contributed by atoms with E-state index in [1.165, 1.54) is 30.9 Å². The third-order valence-electron chi connectivity index (χ3n) is 2.96. The highest BCUT2D eigenvalue weighted by molar-refractivity contribution is 5.83. The maximum Gasteiger partial charge on any atom is 0.131 e. The van der Waals surface area contributed by atoms with Crippen molar-refractivity contribution >= 4 is 10.8 Å². The molecule has 0 atom stereocenters. The van der Waals surface area contributed by atoms with Crippen LogP contribution in [0, 0.1) is 5.82 Å². The van der Waals surface area contributed by atoms with Crippen molar-refractivity contribution in [3.63, 3.8) is 0 Å². The van der Waals surface area contributed by atoms with Crippen molar-refractivity contribution in [3.8, 4) is 0 Å². The number of hydrogen-bond donors (Lipinski definition) is 0. The second-order valence-corrected chi connectivity index (χ2v) is 4.25. The number of benzene rings is 2. The Labute approximate surface area is 96.1 Å². The van der Waals surface area contributed by atoms with Crippen LogP contribution in [0.2, 0.25) is 0 Å². The fourth-order valence-corrected chi connectivity index (χ4v) is 2.03. The van der Waals surface area contributed by atoms with Crippen LogP contribution in [0.5, 0.6) is 0 Å². The standard InChI is InChI=1S/C15H17F/c1-2-3-4-6-12-9-10-14-13(11-12)7-5-8-15(14)16/h5,7-11H,2-4,6H2,1H3. The zero-order chi connectivity index (χ0) is 11.4. The molecule has 2 aromatic rings. The molecule has 0 spiro atoms. The molecule has 0 radical (unpaired) electrons. The van der Waals surface area contributed by atoms with Crippen molar-refractivity contribution in [2.45, 2.75) is 32.6 Å². The van der Waals surface area contributed by atoms with Gasteiger partial charge in [0.05, 0.1) is 0 Å². The second-order valence-electron chi connectivity index (χ2n) is 4.25. The number of rotatable bonds is 4. The summed E-state index contributed by atoms with van der Waals surface area (Å²) in [7, 11) is 0. The monoisotopic (exact) mass is 216 g/mol. The number of hydrogen-bond acceptors (Lipinski definition) is 0. The van der Waals surface area contributed by atoms with Gasteiger partial charge in [0.25, 0.3) is 0 Å². The van der Waals surface area contributed by atoms with Gasteiger partial charge in [0, 0.05) is 5.39 Å². The minimum atomic E-state index is -0.127. The smallest absolute Gasteiger partial charge is 0.131 e. The fraction of sp³-hybridized carbons (Fsp3) is 0.333. The normalized spacial score (nSPS) is 10.9. The predicted octanol–water partition coefficient (Wildman–Crippen LogP) is 4.71. The number of fused-ring (bicyclic) bond motifs is 1. The average Bonchev–Trinajstić information content (AvgIpc) is 2.30. The SMILES string of the molecule is CCCCCc1ccc2c(F)cccc2c1. The van der Waals surface area contributed by atoms with Crippen LogP contribution in [0.1, 0.15) is 31.7 Å². The average molecular weight is 216 g/mol. The molecular formula is C15H17F. The van der Waals surface area contributed by atoms with Crippen molar-refractivity contribution in [1.82, 2.24) is 0 Å². The van der Waals surface area contributed by atoms with E-state index in [4.69, 9.17) is 0 Å². The van der Waals surface area contributed by atoms with Crippen LogP contribution in [0.25, 0.3) is 10.8 Å². The van der Waals surface area contributed by atoms with E-state index in [0.29, 0.717) is 0 Å². The zero-order valence-electron chi connectivity index (χ0n) is 9.67. The van der Waals surface area contributed by atoms with Crippen LogP contribution in [0.15, 0.2) is 36.4 Å². The summed E-state index contributed by atoms with van der Waals surface area (Å²) in [5, 5.41) is 1.73. The van der Waals surface area contributed by atoms with Gasteiger partial charge in [-0.25, -0.2) is 4.39 Å². The van der Waals surface area contributed by atoms with Crippen molar-refractivity contribution in [2.24, 2.45) is 0 Å². The molecule has 0 aliphatic heterocycles. The molecule has 0 unspecified atom stereocenters. The lowest BCUT2D eigenvalue weighted by Crippen LogP contribution is -1.87. The summed E-state index contributed by atoms with van der Waals surface area (Å²) < 4.78 is 13.4. The Balaban J connectivity index is 2.23.